The Bertz CT molecular complexity index is 590. The Morgan fingerprint density at radius 1 is 1.46 bits per heavy atom. The fourth-order valence-corrected chi connectivity index (χ4v) is 3.04. The van der Waals surface area contributed by atoms with Crippen molar-refractivity contribution in [1.29, 1.82) is 0 Å². The third kappa shape index (κ3) is 5.87. The van der Waals surface area contributed by atoms with Crippen molar-refractivity contribution in [3.63, 3.8) is 0 Å². The van der Waals surface area contributed by atoms with E-state index in [1.165, 1.54) is 12.3 Å². The van der Waals surface area contributed by atoms with E-state index in [2.05, 4.69) is 25.8 Å². The molecular formula is C17H28FNO4Si. The van der Waals surface area contributed by atoms with E-state index in [-0.39, 0.29) is 18.1 Å². The van der Waals surface area contributed by atoms with Crippen LogP contribution < -0.4 is 0 Å². The van der Waals surface area contributed by atoms with Crippen LogP contribution in [0.1, 0.15) is 45.7 Å². The van der Waals surface area contributed by atoms with Gasteiger partial charge in [0.05, 0.1) is 13.0 Å². The van der Waals surface area contributed by atoms with Crippen LogP contribution in [0, 0.1) is 6.92 Å². The van der Waals surface area contributed by atoms with Gasteiger partial charge >= 0.3 is 5.97 Å². The lowest BCUT2D eigenvalue weighted by molar-refractivity contribution is -0.144. The van der Waals surface area contributed by atoms with E-state index in [0.717, 1.165) is 0 Å². The van der Waals surface area contributed by atoms with Crippen LogP contribution in [0.2, 0.25) is 18.1 Å². The van der Waals surface area contributed by atoms with Gasteiger partial charge in [-0.15, -0.1) is 0 Å². The first-order chi connectivity index (χ1) is 11.0. The van der Waals surface area contributed by atoms with Gasteiger partial charge in [-0.1, -0.05) is 20.8 Å². The van der Waals surface area contributed by atoms with Crippen LogP contribution >= 0.6 is 0 Å². The summed E-state index contributed by atoms with van der Waals surface area (Å²) >= 11 is 0. The molecule has 136 valence electrons. The summed E-state index contributed by atoms with van der Waals surface area (Å²) < 4.78 is 30.9. The van der Waals surface area contributed by atoms with E-state index >= 15 is 0 Å². The van der Waals surface area contributed by atoms with Gasteiger partial charge in [0.15, 0.2) is 14.2 Å². The number of rotatable bonds is 7. The summed E-state index contributed by atoms with van der Waals surface area (Å²) in [7, 11) is -2.27. The molecule has 0 bridgehead atoms. The zero-order chi connectivity index (χ0) is 18.5. The number of nitrogens with zero attached hydrogens (tertiary/aromatic N) is 1. The molecule has 0 aliphatic heterocycles. The molecule has 1 aromatic rings. The summed E-state index contributed by atoms with van der Waals surface area (Å²) in [5, 5.41) is -0.106. The van der Waals surface area contributed by atoms with Gasteiger partial charge in [0, 0.05) is 13.0 Å². The maximum absolute atomic E-state index is 14.8. The highest BCUT2D eigenvalue weighted by Crippen LogP contribution is 2.38. The number of hydrogen-bond acceptors (Lipinski definition) is 5. The lowest BCUT2D eigenvalue weighted by atomic mass is 10.2. The first-order valence-electron chi connectivity index (χ1n) is 8.09. The van der Waals surface area contributed by atoms with Crippen LogP contribution in [-0.4, -0.2) is 32.0 Å². The van der Waals surface area contributed by atoms with Gasteiger partial charge in [-0.3, -0.25) is 4.79 Å². The maximum Gasteiger partial charge on any atom is 0.308 e. The molecule has 0 radical (unpaired) electrons. The van der Waals surface area contributed by atoms with Crippen molar-refractivity contribution in [3.8, 4) is 0 Å². The van der Waals surface area contributed by atoms with Gasteiger partial charge in [0.2, 0.25) is 0 Å². The Balaban J connectivity index is 3.04. The normalized spacial score (nSPS) is 14.6. The van der Waals surface area contributed by atoms with Gasteiger partial charge in [-0.25, -0.2) is 9.37 Å². The summed E-state index contributed by atoms with van der Waals surface area (Å²) in [5.74, 6) is -0.594. The predicted octanol–water partition coefficient (Wildman–Crippen LogP) is 4.64. The average molecular weight is 357 g/mol. The Labute approximate surface area is 144 Å². The molecule has 1 atom stereocenters. The molecule has 7 heteroatoms. The minimum Gasteiger partial charge on any atom is -0.466 e. The van der Waals surface area contributed by atoms with E-state index in [4.69, 9.17) is 13.6 Å². The van der Waals surface area contributed by atoms with Crippen molar-refractivity contribution in [2.24, 2.45) is 0 Å². The standard InChI is InChI=1S/C17H28FNO4Si/c1-8-21-16(20)10-15(23-24(6,7)17(3,4)5)14(18)9-13-11-22-12(2)19-13/h9,11,15H,8,10H2,1-7H3. The second-order valence-corrected chi connectivity index (χ2v) is 12.0. The summed E-state index contributed by atoms with van der Waals surface area (Å²) in [4.78, 5) is 15.9. The highest BCUT2D eigenvalue weighted by atomic mass is 28.4. The van der Waals surface area contributed by atoms with Gasteiger partial charge in [-0.05, 0) is 25.1 Å². The van der Waals surface area contributed by atoms with Crippen LogP contribution in [0.5, 0.6) is 0 Å². The number of ether oxygens (including phenoxy) is 1. The van der Waals surface area contributed by atoms with Crippen LogP contribution in [0.25, 0.3) is 6.08 Å². The third-order valence-corrected chi connectivity index (χ3v) is 8.62. The topological polar surface area (TPSA) is 61.6 Å². The Hall–Kier alpha value is -1.47. The molecular weight excluding hydrogens is 329 g/mol. The molecule has 0 aliphatic rings. The van der Waals surface area contributed by atoms with Crippen LogP contribution in [0.4, 0.5) is 4.39 Å². The smallest absolute Gasteiger partial charge is 0.308 e. The molecule has 0 fully saturated rings. The number of carbonyl (C=O) groups excluding carboxylic acids is 1. The van der Waals surface area contributed by atoms with Gasteiger partial charge in [0.1, 0.15) is 23.9 Å². The van der Waals surface area contributed by atoms with Crippen molar-refractivity contribution in [3.05, 3.63) is 23.7 Å². The van der Waals surface area contributed by atoms with Gasteiger partial charge in [-0.2, -0.15) is 0 Å². The van der Waals surface area contributed by atoms with Crippen molar-refractivity contribution < 1.29 is 22.8 Å². The molecule has 24 heavy (non-hydrogen) atoms. The van der Waals surface area contributed by atoms with Crippen molar-refractivity contribution in [2.45, 2.75) is 65.3 Å². The van der Waals surface area contributed by atoms with E-state index in [1.807, 2.05) is 13.1 Å². The Morgan fingerprint density at radius 3 is 2.54 bits per heavy atom. The number of oxazole rings is 1. The number of hydrogen-bond donors (Lipinski definition) is 0. The zero-order valence-electron chi connectivity index (χ0n) is 15.6. The highest BCUT2D eigenvalue weighted by molar-refractivity contribution is 6.74. The van der Waals surface area contributed by atoms with E-state index in [1.54, 1.807) is 13.8 Å². The molecule has 0 saturated carbocycles. The first-order valence-corrected chi connectivity index (χ1v) is 11.0. The van der Waals surface area contributed by atoms with Crippen LogP contribution in [-0.2, 0) is 14.0 Å². The highest BCUT2D eigenvalue weighted by Gasteiger charge is 2.40. The second kappa shape index (κ2) is 8.07. The predicted molar refractivity (Wildman–Crippen MR) is 93.6 cm³/mol. The molecule has 0 saturated heterocycles. The number of carbonyl (C=O) groups is 1. The second-order valence-electron chi connectivity index (χ2n) is 7.20. The molecule has 0 aromatic carbocycles. The number of aryl methyl sites for hydroxylation is 1. The van der Waals surface area contributed by atoms with Gasteiger partial charge in [0.25, 0.3) is 0 Å². The van der Waals surface area contributed by atoms with Crippen LogP contribution in [0.15, 0.2) is 16.5 Å². The molecule has 0 spiro atoms. The summed E-state index contributed by atoms with van der Waals surface area (Å²) in [5.41, 5.74) is 0.359. The molecule has 0 aliphatic carbocycles. The van der Waals surface area contributed by atoms with E-state index in [9.17, 15) is 9.18 Å². The summed E-state index contributed by atoms with van der Waals surface area (Å²) in [6, 6.07) is 0. The van der Waals surface area contributed by atoms with E-state index in [0.29, 0.717) is 11.6 Å². The largest absolute Gasteiger partial charge is 0.466 e. The maximum atomic E-state index is 14.8. The molecule has 1 unspecified atom stereocenters. The first kappa shape index (κ1) is 20.6. The average Bonchev–Trinajstić information content (AvgIpc) is 2.82. The number of halogens is 1. The Kier molecular flexibility index (Phi) is 6.92. The fraction of sp³-hybridized carbons (Fsp3) is 0.647. The van der Waals surface area contributed by atoms with Crippen molar-refractivity contribution in [2.75, 3.05) is 6.61 Å². The van der Waals surface area contributed by atoms with Crippen LogP contribution in [0.3, 0.4) is 0 Å². The number of esters is 1. The lowest BCUT2D eigenvalue weighted by Gasteiger charge is -2.38. The monoisotopic (exact) mass is 357 g/mol. The summed E-state index contributed by atoms with van der Waals surface area (Å²) in [6.07, 6.45) is 1.46. The van der Waals surface area contributed by atoms with Gasteiger partial charge < -0.3 is 13.6 Å². The molecule has 1 aromatic heterocycles. The minimum atomic E-state index is -2.27. The van der Waals surface area contributed by atoms with E-state index < -0.39 is 26.2 Å². The molecule has 5 nitrogen and oxygen atoms in total. The fourth-order valence-electron chi connectivity index (χ4n) is 1.78. The quantitative estimate of drug-likeness (QED) is 0.525. The molecule has 0 N–H and O–H groups in total. The van der Waals surface area contributed by atoms with Crippen molar-refractivity contribution >= 4 is 20.4 Å². The third-order valence-electron chi connectivity index (χ3n) is 4.13. The summed E-state index contributed by atoms with van der Waals surface area (Å²) in [6.45, 7) is 13.8. The zero-order valence-corrected chi connectivity index (χ0v) is 16.6. The SMILES string of the molecule is CCOC(=O)CC(O[Si](C)(C)C(C)(C)C)C(F)=Cc1coc(C)n1. The molecule has 1 heterocycles. The minimum absolute atomic E-state index is 0.106. The lowest BCUT2D eigenvalue weighted by Crippen LogP contribution is -2.44. The Morgan fingerprint density at radius 2 is 2.08 bits per heavy atom. The number of aromatic nitrogens is 1. The molecule has 0 amide bonds. The molecule has 1 rings (SSSR count). The van der Waals surface area contributed by atoms with Crippen molar-refractivity contribution in [1.82, 2.24) is 4.98 Å².